The van der Waals surface area contributed by atoms with Gasteiger partial charge in [0, 0.05) is 50.6 Å². The lowest BCUT2D eigenvalue weighted by Crippen LogP contribution is -2.25. The molecule has 0 atom stereocenters. The van der Waals surface area contributed by atoms with E-state index in [0.717, 1.165) is 55.1 Å². The van der Waals surface area contributed by atoms with Crippen molar-refractivity contribution in [1.82, 2.24) is 18.4 Å². The Kier molecular flexibility index (Phi) is 4.67. The Bertz CT molecular complexity index is 3280. The third kappa shape index (κ3) is 3.60. The molecule has 0 amide bonds. The molecule has 6 heteroatoms. The van der Waals surface area contributed by atoms with Crippen LogP contribution in [0.25, 0.3) is 82.3 Å². The standard InChI is InChI=1S/C43H28N5O/c1-45-26-46(38-19-5-4-18-37(38)45)27-10-6-11-28(24-27)49-29-21-22-31-33-14-8-16-35-34-15-7-13-32-30-12-2-3-17-36(30)47(41(32)34)39-20-9-23-44-43(39)48(42(33)35)40(31)25-29/h2-26H,1H3/q+1/i1D3. The molecule has 0 aliphatic carbocycles. The van der Waals surface area contributed by atoms with Crippen molar-refractivity contribution in [3.8, 4) is 17.2 Å². The lowest BCUT2D eigenvalue weighted by molar-refractivity contribution is -0.645. The maximum Gasteiger partial charge on any atom is 0.249 e. The molecule has 0 aliphatic heterocycles. The molecule has 0 fully saturated rings. The van der Waals surface area contributed by atoms with E-state index in [0.29, 0.717) is 17.0 Å². The molecular weight excluding hydrogens is 603 g/mol. The van der Waals surface area contributed by atoms with Crippen LogP contribution in [0.2, 0.25) is 0 Å². The average Bonchev–Trinajstić information content (AvgIpc) is 3.83. The molecule has 49 heavy (non-hydrogen) atoms. The van der Waals surface area contributed by atoms with E-state index in [1.165, 1.54) is 26.2 Å². The average molecular weight is 634 g/mol. The van der Waals surface area contributed by atoms with Crippen LogP contribution >= 0.6 is 0 Å². The summed E-state index contributed by atoms with van der Waals surface area (Å²) in [6.07, 6.45) is 3.50. The van der Waals surface area contributed by atoms with Crippen LogP contribution in [0.3, 0.4) is 0 Å². The molecule has 11 aromatic rings. The second-order valence-electron chi connectivity index (χ2n) is 12.6. The molecule has 0 saturated carbocycles. The molecular formula is C43H28N5O+. The van der Waals surface area contributed by atoms with Gasteiger partial charge in [-0.25, -0.2) is 9.55 Å². The Hall–Kier alpha value is -6.66. The van der Waals surface area contributed by atoms with Gasteiger partial charge in [-0.3, -0.25) is 4.40 Å². The van der Waals surface area contributed by atoms with Crippen molar-refractivity contribution in [3.63, 3.8) is 0 Å². The van der Waals surface area contributed by atoms with Gasteiger partial charge in [0.05, 0.1) is 38.7 Å². The first-order chi connectivity index (χ1) is 25.4. The van der Waals surface area contributed by atoms with Gasteiger partial charge in [-0.05, 0) is 54.6 Å². The fourth-order valence-corrected chi connectivity index (χ4v) is 7.92. The highest BCUT2D eigenvalue weighted by atomic mass is 16.5. The third-order valence-corrected chi connectivity index (χ3v) is 9.93. The minimum Gasteiger partial charge on any atom is -0.457 e. The van der Waals surface area contributed by atoms with Crippen LogP contribution in [-0.2, 0) is 6.98 Å². The van der Waals surface area contributed by atoms with Gasteiger partial charge in [0.1, 0.15) is 17.2 Å². The monoisotopic (exact) mass is 633 g/mol. The molecule has 0 bridgehead atoms. The Morgan fingerprint density at radius 3 is 2.04 bits per heavy atom. The number of rotatable bonds is 3. The van der Waals surface area contributed by atoms with Gasteiger partial charge < -0.3 is 9.14 Å². The molecule has 230 valence electrons. The summed E-state index contributed by atoms with van der Waals surface area (Å²) >= 11 is 0. The zero-order valence-electron chi connectivity index (χ0n) is 29.1. The minimum absolute atomic E-state index is 0.629. The summed E-state index contributed by atoms with van der Waals surface area (Å²) in [5.41, 5.74) is 8.45. The summed E-state index contributed by atoms with van der Waals surface area (Å²) in [6, 6.07) is 47.4. The summed E-state index contributed by atoms with van der Waals surface area (Å²) in [5.74, 6) is 1.31. The van der Waals surface area contributed by atoms with E-state index < -0.39 is 6.98 Å². The fraction of sp³-hybridized carbons (Fsp3) is 0.0233. The Morgan fingerprint density at radius 1 is 0.551 bits per heavy atom. The van der Waals surface area contributed by atoms with Crippen molar-refractivity contribution in [1.29, 1.82) is 0 Å². The number of hydrogen-bond acceptors (Lipinski definition) is 2. The zero-order chi connectivity index (χ0) is 34.7. The summed E-state index contributed by atoms with van der Waals surface area (Å²) < 4.78 is 38.7. The first-order valence-corrected chi connectivity index (χ1v) is 16.3. The van der Waals surface area contributed by atoms with Gasteiger partial charge in [0.2, 0.25) is 6.33 Å². The molecule has 11 rings (SSSR count). The number of nitrogens with zero attached hydrogens (tertiary/aromatic N) is 5. The van der Waals surface area contributed by atoms with Crippen LogP contribution in [0.5, 0.6) is 11.5 Å². The van der Waals surface area contributed by atoms with E-state index in [9.17, 15) is 0 Å². The summed E-state index contributed by atoms with van der Waals surface area (Å²) in [6.45, 7) is -2.32. The van der Waals surface area contributed by atoms with Crippen molar-refractivity contribution in [2.45, 2.75) is 0 Å². The van der Waals surface area contributed by atoms with Gasteiger partial charge in [-0.2, -0.15) is 4.57 Å². The normalized spacial score (nSPS) is 13.3. The van der Waals surface area contributed by atoms with Gasteiger partial charge >= 0.3 is 0 Å². The molecule has 6 aromatic carbocycles. The Balaban J connectivity index is 1.16. The van der Waals surface area contributed by atoms with E-state index in [1.807, 2.05) is 71.4 Å². The molecule has 6 nitrogen and oxygen atoms in total. The van der Waals surface area contributed by atoms with E-state index in [4.69, 9.17) is 13.8 Å². The lowest BCUT2D eigenvalue weighted by atomic mass is 10.0. The second kappa shape index (κ2) is 9.69. The van der Waals surface area contributed by atoms with Gasteiger partial charge in [-0.15, -0.1) is 0 Å². The van der Waals surface area contributed by atoms with Crippen LogP contribution in [0, 0.1) is 0 Å². The maximum atomic E-state index is 8.09. The number of fused-ring (bicyclic) bond motifs is 11. The van der Waals surface area contributed by atoms with Crippen molar-refractivity contribution in [2.24, 2.45) is 6.98 Å². The first kappa shape index (κ1) is 23.6. The van der Waals surface area contributed by atoms with E-state index in [1.54, 1.807) is 6.33 Å². The van der Waals surface area contributed by atoms with E-state index >= 15 is 0 Å². The number of benzene rings is 6. The van der Waals surface area contributed by atoms with Crippen molar-refractivity contribution in [2.75, 3.05) is 0 Å². The SMILES string of the molecule is [2H]C([2H])([2H])[n+]1cn(-c2cccc(Oc3ccc4c5cccc6c7cccc8c9ccccc9n(c9cccnc9n(c4c3)c56)c87)c2)c2ccccc21. The molecule has 0 radical (unpaired) electrons. The quantitative estimate of drug-likeness (QED) is 0.182. The Morgan fingerprint density at radius 2 is 1.20 bits per heavy atom. The summed E-state index contributed by atoms with van der Waals surface area (Å²) in [5, 5.41) is 6.97. The molecule has 0 unspecified atom stereocenters. The molecule has 0 spiro atoms. The largest absolute Gasteiger partial charge is 0.457 e. The van der Waals surface area contributed by atoms with Crippen LogP contribution in [-0.4, -0.2) is 18.4 Å². The third-order valence-electron chi connectivity index (χ3n) is 9.93. The highest BCUT2D eigenvalue weighted by Crippen LogP contribution is 2.41. The highest BCUT2D eigenvalue weighted by molar-refractivity contribution is 6.25. The predicted octanol–water partition coefficient (Wildman–Crippen LogP) is 9.91. The zero-order valence-corrected chi connectivity index (χ0v) is 26.1. The number of ether oxygens (including phenoxy) is 1. The van der Waals surface area contributed by atoms with E-state index in [-0.39, 0.29) is 0 Å². The number of aromatic nitrogens is 5. The number of pyridine rings is 1. The molecule has 0 N–H and O–H groups in total. The smallest absolute Gasteiger partial charge is 0.249 e. The predicted molar refractivity (Wildman–Crippen MR) is 198 cm³/mol. The first-order valence-electron chi connectivity index (χ1n) is 17.8. The maximum absolute atomic E-state index is 8.09. The summed E-state index contributed by atoms with van der Waals surface area (Å²) in [7, 11) is 0. The minimum atomic E-state index is -2.32. The van der Waals surface area contributed by atoms with Crippen molar-refractivity contribution < 1.29 is 13.4 Å². The van der Waals surface area contributed by atoms with Crippen LogP contribution in [0.15, 0.2) is 152 Å². The van der Waals surface area contributed by atoms with Crippen LogP contribution in [0.4, 0.5) is 0 Å². The van der Waals surface area contributed by atoms with Crippen LogP contribution < -0.4 is 9.30 Å². The topological polar surface area (TPSA) is 39.8 Å². The molecule has 5 heterocycles. The van der Waals surface area contributed by atoms with Gasteiger partial charge in [-0.1, -0.05) is 72.8 Å². The second-order valence-corrected chi connectivity index (χ2v) is 12.6. The van der Waals surface area contributed by atoms with Crippen molar-refractivity contribution >= 4 is 76.6 Å². The lowest BCUT2D eigenvalue weighted by Gasteiger charge is -2.10. The van der Waals surface area contributed by atoms with Crippen molar-refractivity contribution in [3.05, 3.63) is 152 Å². The number of aryl methyl sites for hydroxylation is 1. The van der Waals surface area contributed by atoms with Crippen LogP contribution in [0.1, 0.15) is 4.11 Å². The summed E-state index contributed by atoms with van der Waals surface area (Å²) in [4.78, 5) is 5.07. The molecule has 0 aliphatic rings. The van der Waals surface area contributed by atoms with Gasteiger partial charge in [0.15, 0.2) is 16.7 Å². The highest BCUT2D eigenvalue weighted by Gasteiger charge is 2.20. The van der Waals surface area contributed by atoms with E-state index in [2.05, 4.69) is 87.7 Å². The molecule has 0 saturated heterocycles. The van der Waals surface area contributed by atoms with Gasteiger partial charge in [0.25, 0.3) is 0 Å². The number of hydrogen-bond donors (Lipinski definition) is 0. The Labute approximate surface area is 284 Å². The fourth-order valence-electron chi connectivity index (χ4n) is 7.92. The number of imidazole rings is 1. The molecule has 5 aromatic heterocycles. The number of para-hydroxylation sites is 5.